The van der Waals surface area contributed by atoms with Gasteiger partial charge in [0.1, 0.15) is 6.04 Å². The molecule has 0 saturated heterocycles. The first kappa shape index (κ1) is 11.0. The number of aliphatic carboxylic acids is 1. The maximum absolute atomic E-state index is 10.5. The molecule has 0 heterocycles. The number of hydrogen-bond donors (Lipinski definition) is 2. The summed E-state index contributed by atoms with van der Waals surface area (Å²) in [5.41, 5.74) is 8.03. The van der Waals surface area contributed by atoms with Crippen LogP contribution in [-0.4, -0.2) is 17.1 Å². The van der Waals surface area contributed by atoms with Crippen molar-refractivity contribution >= 4 is 5.97 Å². The standard InChI is InChI=1S/C11H17NO2/c1-2-8-3-5-9(6-4-8)7-10(12)11(13)14/h3,5,10H,2,4,6-7,12H2,1H3,(H,13,14)/t10-/m1/s1. The van der Waals surface area contributed by atoms with Gasteiger partial charge in [0.2, 0.25) is 0 Å². The molecule has 0 aromatic carbocycles. The van der Waals surface area contributed by atoms with Crippen LogP contribution in [0.5, 0.6) is 0 Å². The third-order valence-electron chi connectivity index (χ3n) is 2.58. The minimum atomic E-state index is -0.920. The van der Waals surface area contributed by atoms with Gasteiger partial charge in [-0.25, -0.2) is 0 Å². The van der Waals surface area contributed by atoms with Gasteiger partial charge in [-0.3, -0.25) is 4.79 Å². The van der Waals surface area contributed by atoms with E-state index >= 15 is 0 Å². The summed E-state index contributed by atoms with van der Waals surface area (Å²) in [7, 11) is 0. The van der Waals surface area contributed by atoms with Gasteiger partial charge in [0.05, 0.1) is 0 Å². The van der Waals surface area contributed by atoms with Crippen LogP contribution in [0, 0.1) is 0 Å². The van der Waals surface area contributed by atoms with Crippen molar-refractivity contribution < 1.29 is 9.90 Å². The molecule has 0 amide bonds. The lowest BCUT2D eigenvalue weighted by Gasteiger charge is -2.15. The molecule has 1 aliphatic rings. The molecule has 3 heteroatoms. The van der Waals surface area contributed by atoms with Crippen molar-refractivity contribution in [3.8, 4) is 0 Å². The van der Waals surface area contributed by atoms with E-state index in [1.54, 1.807) is 0 Å². The maximum Gasteiger partial charge on any atom is 0.320 e. The van der Waals surface area contributed by atoms with Crippen molar-refractivity contribution in [3.05, 3.63) is 23.3 Å². The molecule has 0 radical (unpaired) electrons. The van der Waals surface area contributed by atoms with E-state index in [1.807, 2.05) is 6.08 Å². The van der Waals surface area contributed by atoms with Crippen molar-refractivity contribution in [1.29, 1.82) is 0 Å². The van der Waals surface area contributed by atoms with Crippen LogP contribution in [0.1, 0.15) is 32.6 Å². The highest BCUT2D eigenvalue weighted by atomic mass is 16.4. The highest BCUT2D eigenvalue weighted by Crippen LogP contribution is 2.23. The van der Waals surface area contributed by atoms with Gasteiger partial charge in [-0.15, -0.1) is 0 Å². The Morgan fingerprint density at radius 2 is 2.07 bits per heavy atom. The number of nitrogens with two attached hydrogens (primary N) is 1. The Morgan fingerprint density at radius 3 is 2.50 bits per heavy atom. The highest BCUT2D eigenvalue weighted by molar-refractivity contribution is 5.73. The summed E-state index contributed by atoms with van der Waals surface area (Å²) in [5, 5.41) is 8.64. The molecule has 0 aromatic rings. The normalized spacial score (nSPS) is 18.4. The van der Waals surface area contributed by atoms with Crippen LogP contribution in [0.3, 0.4) is 0 Å². The van der Waals surface area contributed by atoms with Gasteiger partial charge < -0.3 is 10.8 Å². The van der Waals surface area contributed by atoms with Crippen molar-refractivity contribution in [2.24, 2.45) is 5.73 Å². The fraction of sp³-hybridized carbons (Fsp3) is 0.545. The van der Waals surface area contributed by atoms with E-state index in [2.05, 4.69) is 13.0 Å². The molecule has 1 rings (SSSR count). The molecule has 0 fully saturated rings. The lowest BCUT2D eigenvalue weighted by molar-refractivity contribution is -0.138. The van der Waals surface area contributed by atoms with Crippen LogP contribution in [0.15, 0.2) is 23.3 Å². The Labute approximate surface area is 84.3 Å². The first-order valence-electron chi connectivity index (χ1n) is 4.99. The fourth-order valence-corrected chi connectivity index (χ4v) is 1.56. The van der Waals surface area contributed by atoms with Crippen LogP contribution in [0.25, 0.3) is 0 Å². The Bertz CT molecular complexity index is 279. The number of carboxylic acid groups (broad SMARTS) is 1. The van der Waals surface area contributed by atoms with Crippen molar-refractivity contribution in [2.45, 2.75) is 38.6 Å². The summed E-state index contributed by atoms with van der Waals surface area (Å²) in [6.45, 7) is 2.13. The van der Waals surface area contributed by atoms with Crippen molar-refractivity contribution in [2.75, 3.05) is 0 Å². The Morgan fingerprint density at radius 1 is 1.50 bits per heavy atom. The van der Waals surface area contributed by atoms with Crippen molar-refractivity contribution in [1.82, 2.24) is 0 Å². The molecule has 0 saturated carbocycles. The second-order valence-electron chi connectivity index (χ2n) is 3.65. The lowest BCUT2D eigenvalue weighted by Crippen LogP contribution is -2.30. The minimum absolute atomic E-state index is 0.475. The van der Waals surface area contributed by atoms with E-state index < -0.39 is 12.0 Å². The van der Waals surface area contributed by atoms with Gasteiger partial charge in [-0.05, 0) is 25.7 Å². The van der Waals surface area contributed by atoms with Crippen LogP contribution < -0.4 is 5.73 Å². The van der Waals surface area contributed by atoms with Crippen molar-refractivity contribution in [3.63, 3.8) is 0 Å². The molecule has 0 aromatic heterocycles. The van der Waals surface area contributed by atoms with Crippen LogP contribution in [0.4, 0.5) is 0 Å². The smallest absolute Gasteiger partial charge is 0.320 e. The Kier molecular flexibility index (Phi) is 3.89. The number of rotatable bonds is 4. The zero-order valence-electron chi connectivity index (χ0n) is 8.49. The number of carboxylic acids is 1. The van der Waals surface area contributed by atoms with Gasteiger partial charge in [0, 0.05) is 0 Å². The first-order chi connectivity index (χ1) is 6.63. The van der Waals surface area contributed by atoms with Gasteiger partial charge in [-0.1, -0.05) is 30.2 Å². The summed E-state index contributed by atoms with van der Waals surface area (Å²) in [4.78, 5) is 10.5. The van der Waals surface area contributed by atoms with E-state index in [9.17, 15) is 4.79 Å². The molecule has 3 nitrogen and oxygen atoms in total. The maximum atomic E-state index is 10.5. The summed E-state index contributed by atoms with van der Waals surface area (Å²) >= 11 is 0. The van der Waals surface area contributed by atoms with Crippen LogP contribution in [-0.2, 0) is 4.79 Å². The zero-order chi connectivity index (χ0) is 10.6. The lowest BCUT2D eigenvalue weighted by atomic mass is 9.93. The molecule has 0 bridgehead atoms. The summed E-state index contributed by atoms with van der Waals surface area (Å²) < 4.78 is 0. The zero-order valence-corrected chi connectivity index (χ0v) is 8.49. The van der Waals surface area contributed by atoms with E-state index in [1.165, 1.54) is 5.57 Å². The molecule has 0 spiro atoms. The average Bonchev–Trinajstić information content (AvgIpc) is 2.19. The first-order valence-corrected chi connectivity index (χ1v) is 4.99. The second kappa shape index (κ2) is 4.96. The van der Waals surface area contributed by atoms with E-state index in [4.69, 9.17) is 10.8 Å². The average molecular weight is 195 g/mol. The molecule has 1 atom stereocenters. The molecule has 14 heavy (non-hydrogen) atoms. The summed E-state index contributed by atoms with van der Waals surface area (Å²) in [6.07, 6.45) is 7.67. The number of allylic oxidation sites excluding steroid dienone is 3. The van der Waals surface area contributed by atoms with Gasteiger partial charge >= 0.3 is 5.97 Å². The molecule has 1 aliphatic carbocycles. The molecular formula is C11H17NO2. The molecule has 0 unspecified atom stereocenters. The van der Waals surface area contributed by atoms with Gasteiger partial charge in [-0.2, -0.15) is 0 Å². The minimum Gasteiger partial charge on any atom is -0.480 e. The topological polar surface area (TPSA) is 63.3 Å². The third kappa shape index (κ3) is 3.00. The van der Waals surface area contributed by atoms with E-state index in [0.29, 0.717) is 6.42 Å². The molecule has 3 N–H and O–H groups in total. The van der Waals surface area contributed by atoms with E-state index in [0.717, 1.165) is 24.8 Å². The largest absolute Gasteiger partial charge is 0.480 e. The Hall–Kier alpha value is -1.09. The predicted molar refractivity (Wildman–Crippen MR) is 55.9 cm³/mol. The fourth-order valence-electron chi connectivity index (χ4n) is 1.56. The number of carbonyl (C=O) groups is 1. The SMILES string of the molecule is CCC1=CC=C(C[C@@H](N)C(=O)O)CC1. The van der Waals surface area contributed by atoms with Crippen LogP contribution >= 0.6 is 0 Å². The second-order valence-corrected chi connectivity index (χ2v) is 3.65. The molecular weight excluding hydrogens is 178 g/mol. The quantitative estimate of drug-likeness (QED) is 0.719. The molecule has 0 aliphatic heterocycles. The van der Waals surface area contributed by atoms with Gasteiger partial charge in [0.15, 0.2) is 0 Å². The van der Waals surface area contributed by atoms with Crippen LogP contribution in [0.2, 0.25) is 0 Å². The predicted octanol–water partition coefficient (Wildman–Crippen LogP) is 1.85. The highest BCUT2D eigenvalue weighted by Gasteiger charge is 2.14. The summed E-state index contributed by atoms with van der Waals surface area (Å²) in [6, 6.07) is -0.752. The third-order valence-corrected chi connectivity index (χ3v) is 2.58. The summed E-state index contributed by atoms with van der Waals surface area (Å²) in [5.74, 6) is -0.920. The monoisotopic (exact) mass is 195 g/mol. The molecule has 78 valence electrons. The van der Waals surface area contributed by atoms with Gasteiger partial charge in [0.25, 0.3) is 0 Å². The Balaban J connectivity index is 2.52. The number of hydrogen-bond acceptors (Lipinski definition) is 2. The van der Waals surface area contributed by atoms with E-state index in [-0.39, 0.29) is 0 Å².